The minimum absolute atomic E-state index is 0.0462. The number of alkyl carbamates (subject to hydrolysis) is 1. The van der Waals surface area contributed by atoms with Crippen molar-refractivity contribution in [2.75, 3.05) is 12.4 Å². The van der Waals surface area contributed by atoms with Crippen LogP contribution in [0.5, 0.6) is 0 Å². The van der Waals surface area contributed by atoms with Gasteiger partial charge < -0.3 is 14.2 Å². The third-order valence-electron chi connectivity index (χ3n) is 2.79. The minimum atomic E-state index is -0.456. The van der Waals surface area contributed by atoms with Crippen LogP contribution in [0.25, 0.3) is 0 Å². The molecule has 1 rings (SSSR count). The molecule has 0 saturated heterocycles. The molecule has 1 fully saturated rings. The molecule has 1 saturated carbocycles. The lowest BCUT2D eigenvalue weighted by atomic mass is 9.67. The minimum Gasteiger partial charge on any atom is -0.444 e. The maximum atomic E-state index is 11.5. The van der Waals surface area contributed by atoms with Crippen LogP contribution in [0.3, 0.4) is 0 Å². The molecule has 1 aliphatic carbocycles. The molecule has 0 radical (unpaired) electrons. The quantitative estimate of drug-likeness (QED) is 0.547. The molecule has 6 heteroatoms. The molecule has 0 heterocycles. The van der Waals surface area contributed by atoms with Gasteiger partial charge in [-0.1, -0.05) is 0 Å². The van der Waals surface area contributed by atoms with Crippen molar-refractivity contribution in [1.29, 1.82) is 0 Å². The van der Waals surface area contributed by atoms with Crippen LogP contribution in [-0.4, -0.2) is 30.1 Å². The average molecular weight is 279 g/mol. The Morgan fingerprint density at radius 2 is 2.06 bits per heavy atom. The van der Waals surface area contributed by atoms with Gasteiger partial charge in [-0.15, -0.1) is 0 Å². The largest absolute Gasteiger partial charge is 0.444 e. The molecular formula is C11H21NO3S2. The van der Waals surface area contributed by atoms with Crippen molar-refractivity contribution in [2.24, 2.45) is 5.41 Å². The predicted octanol–water partition coefficient (Wildman–Crippen LogP) is 2.45. The first-order valence-corrected chi connectivity index (χ1v) is 6.67. The molecule has 4 nitrogen and oxygen atoms in total. The standard InChI is InChI=1S/C11H21NO3S2/c1-10(2,3)15-9(13)12-8-4-11(5-8,7-16)6-14-17/h8,16-17H,4-7H2,1-3H3,(H,12,13). The molecule has 1 N–H and O–H groups in total. The van der Waals surface area contributed by atoms with Gasteiger partial charge in [-0.05, 0) is 52.3 Å². The van der Waals surface area contributed by atoms with E-state index in [1.165, 1.54) is 0 Å². The Hall–Kier alpha value is -0.0700. The average Bonchev–Trinajstić information content (AvgIpc) is 2.11. The molecule has 17 heavy (non-hydrogen) atoms. The SMILES string of the molecule is CC(C)(C)OC(=O)NC1CC(CS)(COS)C1. The molecule has 0 bridgehead atoms. The Morgan fingerprint density at radius 3 is 2.47 bits per heavy atom. The zero-order chi connectivity index (χ0) is 13.1. The molecule has 0 aromatic heterocycles. The highest BCUT2D eigenvalue weighted by molar-refractivity contribution is 7.80. The molecule has 100 valence electrons. The van der Waals surface area contributed by atoms with E-state index in [9.17, 15) is 4.79 Å². The van der Waals surface area contributed by atoms with Crippen molar-refractivity contribution in [2.45, 2.75) is 45.3 Å². The van der Waals surface area contributed by atoms with E-state index in [1.54, 1.807) is 0 Å². The first-order valence-electron chi connectivity index (χ1n) is 5.67. The predicted molar refractivity (Wildman–Crippen MR) is 73.6 cm³/mol. The Labute approximate surface area is 114 Å². The molecule has 0 aromatic rings. The van der Waals surface area contributed by atoms with Gasteiger partial charge in [0.1, 0.15) is 5.60 Å². The van der Waals surface area contributed by atoms with Gasteiger partial charge in [0, 0.05) is 11.5 Å². The summed E-state index contributed by atoms with van der Waals surface area (Å²) in [6, 6.07) is 0.153. The monoisotopic (exact) mass is 279 g/mol. The number of carbonyl (C=O) groups is 1. The van der Waals surface area contributed by atoms with Gasteiger partial charge in [0.15, 0.2) is 0 Å². The van der Waals surface area contributed by atoms with E-state index in [1.807, 2.05) is 20.8 Å². The second-order valence-electron chi connectivity index (χ2n) is 5.68. The Balaban J connectivity index is 2.31. The van der Waals surface area contributed by atoms with Gasteiger partial charge in [0.25, 0.3) is 0 Å². The van der Waals surface area contributed by atoms with Gasteiger partial charge in [-0.2, -0.15) is 12.6 Å². The van der Waals surface area contributed by atoms with Crippen molar-refractivity contribution >= 4 is 31.6 Å². The van der Waals surface area contributed by atoms with Gasteiger partial charge in [0.05, 0.1) is 6.61 Å². The van der Waals surface area contributed by atoms with E-state index in [-0.39, 0.29) is 17.6 Å². The van der Waals surface area contributed by atoms with Crippen LogP contribution in [0.1, 0.15) is 33.6 Å². The molecule has 0 atom stereocenters. The van der Waals surface area contributed by atoms with Crippen LogP contribution < -0.4 is 5.32 Å². The fourth-order valence-corrected chi connectivity index (χ4v) is 2.61. The number of amides is 1. The number of hydrogen-bond acceptors (Lipinski definition) is 5. The summed E-state index contributed by atoms with van der Waals surface area (Å²) in [5.41, 5.74) is -0.410. The van der Waals surface area contributed by atoms with E-state index in [0.717, 1.165) is 18.6 Å². The van der Waals surface area contributed by atoms with E-state index < -0.39 is 5.60 Å². The van der Waals surface area contributed by atoms with Crippen LogP contribution in [0.2, 0.25) is 0 Å². The number of ether oxygens (including phenoxy) is 1. The van der Waals surface area contributed by atoms with Crippen molar-refractivity contribution in [1.82, 2.24) is 5.32 Å². The number of carbonyl (C=O) groups excluding carboxylic acids is 1. The maximum absolute atomic E-state index is 11.5. The normalized spacial score (nSPS) is 28.4. The molecule has 1 aliphatic rings. The van der Waals surface area contributed by atoms with Crippen LogP contribution in [0.4, 0.5) is 4.79 Å². The summed E-state index contributed by atoms with van der Waals surface area (Å²) in [5.74, 6) is 0.736. The Morgan fingerprint density at radius 1 is 1.47 bits per heavy atom. The Bertz CT molecular complexity index is 272. The highest BCUT2D eigenvalue weighted by Crippen LogP contribution is 2.42. The van der Waals surface area contributed by atoms with Crippen LogP contribution in [-0.2, 0) is 8.92 Å². The lowest BCUT2D eigenvalue weighted by molar-refractivity contribution is 0.0266. The summed E-state index contributed by atoms with van der Waals surface area (Å²) in [6.07, 6.45) is 1.36. The van der Waals surface area contributed by atoms with E-state index in [4.69, 9.17) is 8.92 Å². The summed E-state index contributed by atoms with van der Waals surface area (Å²) in [6.45, 7) is 6.10. The highest BCUT2D eigenvalue weighted by Gasteiger charge is 2.44. The fraction of sp³-hybridized carbons (Fsp3) is 0.909. The molecular weight excluding hydrogens is 258 g/mol. The smallest absolute Gasteiger partial charge is 0.407 e. The van der Waals surface area contributed by atoms with Crippen LogP contribution >= 0.6 is 25.5 Å². The van der Waals surface area contributed by atoms with Crippen LogP contribution in [0, 0.1) is 5.41 Å². The van der Waals surface area contributed by atoms with Gasteiger partial charge in [0.2, 0.25) is 0 Å². The number of rotatable bonds is 4. The van der Waals surface area contributed by atoms with Gasteiger partial charge >= 0.3 is 6.09 Å². The summed E-state index contributed by atoms with van der Waals surface area (Å²) in [7, 11) is 0. The van der Waals surface area contributed by atoms with Crippen molar-refractivity contribution in [3.05, 3.63) is 0 Å². The second-order valence-corrected chi connectivity index (χ2v) is 6.26. The van der Waals surface area contributed by atoms with E-state index in [0.29, 0.717) is 6.61 Å². The summed E-state index contributed by atoms with van der Waals surface area (Å²) in [5, 5.41) is 2.84. The lowest BCUT2D eigenvalue weighted by Gasteiger charge is -2.46. The number of nitrogens with one attached hydrogen (secondary N) is 1. The fourth-order valence-electron chi connectivity index (χ4n) is 1.99. The Kier molecular flexibility index (Phi) is 5.04. The van der Waals surface area contributed by atoms with Crippen molar-refractivity contribution < 1.29 is 13.7 Å². The zero-order valence-corrected chi connectivity index (χ0v) is 12.3. The second kappa shape index (κ2) is 5.71. The van der Waals surface area contributed by atoms with Crippen molar-refractivity contribution in [3.8, 4) is 0 Å². The lowest BCUT2D eigenvalue weighted by Crippen LogP contribution is -2.54. The highest BCUT2D eigenvalue weighted by atomic mass is 32.1. The number of thiol groups is 2. The van der Waals surface area contributed by atoms with Crippen molar-refractivity contribution in [3.63, 3.8) is 0 Å². The van der Waals surface area contributed by atoms with Gasteiger partial charge in [-0.25, -0.2) is 4.79 Å². The van der Waals surface area contributed by atoms with Crippen LogP contribution in [0.15, 0.2) is 0 Å². The molecule has 0 spiro atoms. The molecule has 1 amide bonds. The first kappa shape index (κ1) is 15.0. The van der Waals surface area contributed by atoms with E-state index >= 15 is 0 Å². The zero-order valence-electron chi connectivity index (χ0n) is 10.5. The third-order valence-corrected chi connectivity index (χ3v) is 3.59. The molecule has 0 aliphatic heterocycles. The first-order chi connectivity index (χ1) is 7.80. The van der Waals surface area contributed by atoms with E-state index in [2.05, 4.69) is 30.9 Å². The molecule has 0 aromatic carbocycles. The maximum Gasteiger partial charge on any atom is 0.407 e. The molecule has 0 unspecified atom stereocenters. The number of hydrogen-bond donors (Lipinski definition) is 3. The topological polar surface area (TPSA) is 47.6 Å². The summed E-state index contributed by atoms with van der Waals surface area (Å²) >= 11 is 8.07. The van der Waals surface area contributed by atoms with Gasteiger partial charge in [-0.3, -0.25) is 0 Å². The third kappa shape index (κ3) is 4.60. The summed E-state index contributed by atoms with van der Waals surface area (Å²) < 4.78 is 10.1. The summed E-state index contributed by atoms with van der Waals surface area (Å²) in [4.78, 5) is 11.5.